The molecule has 0 aliphatic heterocycles. The molecule has 0 saturated carbocycles. The van der Waals surface area contributed by atoms with Crippen molar-refractivity contribution in [2.45, 2.75) is 26.4 Å². The minimum atomic E-state index is 0.0897. The normalized spacial score (nSPS) is 12.2. The number of aryl methyl sites for hydroxylation is 1. The van der Waals surface area contributed by atoms with E-state index in [1.165, 1.54) is 0 Å². The van der Waals surface area contributed by atoms with Gasteiger partial charge in [-0.3, -0.25) is 0 Å². The molecule has 106 valence electrons. The number of hydrogen-bond donors (Lipinski definition) is 1. The van der Waals surface area contributed by atoms with Gasteiger partial charge in [-0.05, 0) is 25.5 Å². The summed E-state index contributed by atoms with van der Waals surface area (Å²) >= 11 is 6.25. The number of nitrogens with two attached hydrogens (primary N) is 1. The Morgan fingerprint density at radius 3 is 2.65 bits per heavy atom. The summed E-state index contributed by atoms with van der Waals surface area (Å²) in [7, 11) is 1.96. The van der Waals surface area contributed by atoms with Gasteiger partial charge < -0.3 is 10.6 Å². The van der Waals surface area contributed by atoms with Gasteiger partial charge in [-0.1, -0.05) is 29.8 Å². The van der Waals surface area contributed by atoms with Crippen LogP contribution in [0.4, 0.5) is 5.95 Å². The van der Waals surface area contributed by atoms with Crippen LogP contribution in [-0.4, -0.2) is 17.0 Å². The van der Waals surface area contributed by atoms with Gasteiger partial charge in [-0.25, -0.2) is 9.97 Å². The Kier molecular flexibility index (Phi) is 4.57. The summed E-state index contributed by atoms with van der Waals surface area (Å²) in [4.78, 5) is 10.9. The van der Waals surface area contributed by atoms with Gasteiger partial charge in [-0.2, -0.15) is 0 Å². The lowest BCUT2D eigenvalue weighted by molar-refractivity contribution is 0.711. The fourth-order valence-corrected chi connectivity index (χ4v) is 2.34. The zero-order chi connectivity index (χ0) is 14.7. The van der Waals surface area contributed by atoms with Crippen LogP contribution >= 0.6 is 11.6 Å². The summed E-state index contributed by atoms with van der Waals surface area (Å²) in [6.07, 6.45) is 1.79. The van der Waals surface area contributed by atoms with Gasteiger partial charge >= 0.3 is 0 Å². The highest BCUT2D eigenvalue weighted by molar-refractivity contribution is 6.31. The minimum Gasteiger partial charge on any atom is -0.337 e. The van der Waals surface area contributed by atoms with Crippen LogP contribution < -0.4 is 10.6 Å². The van der Waals surface area contributed by atoms with Gasteiger partial charge in [0.15, 0.2) is 0 Å². The van der Waals surface area contributed by atoms with E-state index in [0.717, 1.165) is 21.8 Å². The van der Waals surface area contributed by atoms with E-state index in [1.807, 2.05) is 43.1 Å². The summed E-state index contributed by atoms with van der Waals surface area (Å²) in [5.74, 6) is 0.673. The third-order valence-electron chi connectivity index (χ3n) is 3.54. The summed E-state index contributed by atoms with van der Waals surface area (Å²) in [5.41, 5.74) is 8.57. The highest BCUT2D eigenvalue weighted by Crippen LogP contribution is 2.28. The second-order valence-electron chi connectivity index (χ2n) is 4.79. The molecule has 2 aromatic rings. The van der Waals surface area contributed by atoms with Crippen LogP contribution in [0.1, 0.15) is 29.8 Å². The maximum atomic E-state index is 6.25. The highest BCUT2D eigenvalue weighted by atomic mass is 35.5. The molecule has 1 atom stereocenters. The molecule has 1 aromatic carbocycles. The lowest BCUT2D eigenvalue weighted by atomic mass is 10.1. The van der Waals surface area contributed by atoms with E-state index in [2.05, 4.69) is 16.9 Å². The van der Waals surface area contributed by atoms with Gasteiger partial charge in [-0.15, -0.1) is 0 Å². The van der Waals surface area contributed by atoms with Crippen molar-refractivity contribution in [3.63, 3.8) is 0 Å². The van der Waals surface area contributed by atoms with Gasteiger partial charge in [0.25, 0.3) is 0 Å². The second kappa shape index (κ2) is 6.20. The fraction of sp³-hybridized carbons (Fsp3) is 0.333. The molecule has 1 unspecified atom stereocenters. The minimum absolute atomic E-state index is 0.0897. The third-order valence-corrected chi connectivity index (χ3v) is 3.88. The van der Waals surface area contributed by atoms with Gasteiger partial charge in [0, 0.05) is 36.1 Å². The van der Waals surface area contributed by atoms with E-state index in [1.54, 1.807) is 6.20 Å². The summed E-state index contributed by atoms with van der Waals surface area (Å²) in [6, 6.07) is 7.91. The third kappa shape index (κ3) is 2.92. The van der Waals surface area contributed by atoms with E-state index >= 15 is 0 Å². The molecule has 2 N–H and O–H groups in total. The van der Waals surface area contributed by atoms with Crippen molar-refractivity contribution >= 4 is 17.5 Å². The van der Waals surface area contributed by atoms with E-state index in [0.29, 0.717) is 12.5 Å². The Balaban J connectivity index is 2.29. The molecule has 4 nitrogen and oxygen atoms in total. The summed E-state index contributed by atoms with van der Waals surface area (Å²) in [6.45, 7) is 4.48. The Hall–Kier alpha value is -1.65. The molecule has 0 spiro atoms. The highest BCUT2D eigenvalue weighted by Gasteiger charge is 2.17. The first-order chi connectivity index (χ1) is 9.54. The molecule has 2 rings (SSSR count). The first-order valence-corrected chi connectivity index (χ1v) is 6.92. The lowest BCUT2D eigenvalue weighted by Crippen LogP contribution is -2.24. The largest absolute Gasteiger partial charge is 0.337 e. The molecule has 0 aliphatic rings. The molecule has 0 amide bonds. The second-order valence-corrected chi connectivity index (χ2v) is 5.20. The number of benzene rings is 1. The first-order valence-electron chi connectivity index (χ1n) is 6.54. The fourth-order valence-electron chi connectivity index (χ4n) is 2.05. The predicted octanol–water partition coefficient (Wildman–Crippen LogP) is 3.09. The van der Waals surface area contributed by atoms with Crippen LogP contribution in [0, 0.1) is 6.92 Å². The van der Waals surface area contributed by atoms with Crippen LogP contribution in [0.15, 0.2) is 30.5 Å². The molecule has 0 aliphatic carbocycles. The average Bonchev–Trinajstić information content (AvgIpc) is 2.46. The molecule has 1 heterocycles. The molecule has 0 radical (unpaired) electrons. The SMILES string of the molecule is Cc1nc(N(C)C(C)c2ccccc2Cl)ncc1CN. The van der Waals surface area contributed by atoms with Crippen LogP contribution in [0.3, 0.4) is 0 Å². The zero-order valence-electron chi connectivity index (χ0n) is 12.0. The zero-order valence-corrected chi connectivity index (χ0v) is 12.7. The Morgan fingerprint density at radius 2 is 2.05 bits per heavy atom. The summed E-state index contributed by atoms with van der Waals surface area (Å²) in [5, 5.41) is 0.752. The van der Waals surface area contributed by atoms with Gasteiger partial charge in [0.05, 0.1) is 6.04 Å². The van der Waals surface area contributed by atoms with E-state index < -0.39 is 0 Å². The molecular formula is C15H19ClN4. The van der Waals surface area contributed by atoms with Crippen LogP contribution in [-0.2, 0) is 6.54 Å². The Labute approximate surface area is 124 Å². The number of halogens is 1. The maximum Gasteiger partial charge on any atom is 0.225 e. The van der Waals surface area contributed by atoms with Crippen LogP contribution in [0.2, 0.25) is 5.02 Å². The molecule has 1 aromatic heterocycles. The van der Waals surface area contributed by atoms with Crippen molar-refractivity contribution in [3.05, 3.63) is 52.3 Å². The quantitative estimate of drug-likeness (QED) is 0.940. The summed E-state index contributed by atoms with van der Waals surface area (Å²) < 4.78 is 0. The molecule has 20 heavy (non-hydrogen) atoms. The molecule has 5 heteroatoms. The van der Waals surface area contributed by atoms with Crippen molar-refractivity contribution in [2.75, 3.05) is 11.9 Å². The van der Waals surface area contributed by atoms with Crippen molar-refractivity contribution in [1.82, 2.24) is 9.97 Å². The van der Waals surface area contributed by atoms with Crippen molar-refractivity contribution < 1.29 is 0 Å². The number of rotatable bonds is 4. The standard InChI is InChI=1S/C15H19ClN4/c1-10-12(8-17)9-18-15(19-10)20(3)11(2)13-6-4-5-7-14(13)16/h4-7,9,11H,8,17H2,1-3H3. The number of aromatic nitrogens is 2. The van der Waals surface area contributed by atoms with Crippen molar-refractivity contribution in [3.8, 4) is 0 Å². The van der Waals surface area contributed by atoms with Gasteiger partial charge in [0.2, 0.25) is 5.95 Å². The molecular weight excluding hydrogens is 272 g/mol. The molecule has 0 bridgehead atoms. The van der Waals surface area contributed by atoms with Crippen molar-refractivity contribution in [1.29, 1.82) is 0 Å². The number of hydrogen-bond acceptors (Lipinski definition) is 4. The Bertz CT molecular complexity index is 600. The smallest absolute Gasteiger partial charge is 0.225 e. The van der Waals surface area contributed by atoms with Gasteiger partial charge in [0.1, 0.15) is 0 Å². The van der Waals surface area contributed by atoms with E-state index in [-0.39, 0.29) is 6.04 Å². The molecule has 0 saturated heterocycles. The average molecular weight is 291 g/mol. The topological polar surface area (TPSA) is 55.0 Å². The van der Waals surface area contributed by atoms with E-state index in [4.69, 9.17) is 17.3 Å². The number of anilines is 1. The van der Waals surface area contributed by atoms with Crippen LogP contribution in [0.5, 0.6) is 0 Å². The lowest BCUT2D eigenvalue weighted by Gasteiger charge is -2.26. The predicted molar refractivity (Wildman–Crippen MR) is 82.9 cm³/mol. The van der Waals surface area contributed by atoms with Crippen molar-refractivity contribution in [2.24, 2.45) is 5.73 Å². The van der Waals surface area contributed by atoms with Crippen LogP contribution in [0.25, 0.3) is 0 Å². The monoisotopic (exact) mass is 290 g/mol. The maximum absolute atomic E-state index is 6.25. The number of nitrogens with zero attached hydrogens (tertiary/aromatic N) is 3. The van der Waals surface area contributed by atoms with E-state index in [9.17, 15) is 0 Å². The Morgan fingerprint density at radius 1 is 1.35 bits per heavy atom. The molecule has 0 fully saturated rings. The first kappa shape index (κ1) is 14.8.